The standard InChI is InChI=1S/C15H25N3O/c1-5-9-16-14-10(3)12(6-2)17-15(18-14)13(19-4)11-7-8-11/h11,13H,5-9H2,1-4H3,(H,16,17,18). The van der Waals surface area contributed by atoms with Crippen molar-refractivity contribution in [1.82, 2.24) is 9.97 Å². The minimum atomic E-state index is 0.0630. The number of ether oxygens (including phenoxy) is 1. The summed E-state index contributed by atoms with van der Waals surface area (Å²) in [4.78, 5) is 9.42. The van der Waals surface area contributed by atoms with Crippen LogP contribution in [-0.4, -0.2) is 23.6 Å². The highest BCUT2D eigenvalue weighted by Gasteiger charge is 2.35. The average molecular weight is 263 g/mol. The number of anilines is 1. The maximum absolute atomic E-state index is 5.61. The van der Waals surface area contributed by atoms with Crippen LogP contribution in [0.2, 0.25) is 0 Å². The zero-order valence-corrected chi connectivity index (χ0v) is 12.5. The highest BCUT2D eigenvalue weighted by molar-refractivity contribution is 5.46. The van der Waals surface area contributed by atoms with Crippen molar-refractivity contribution in [2.45, 2.75) is 52.6 Å². The molecule has 106 valence electrons. The van der Waals surface area contributed by atoms with Crippen molar-refractivity contribution in [3.63, 3.8) is 0 Å². The van der Waals surface area contributed by atoms with Crippen LogP contribution in [0.15, 0.2) is 0 Å². The Morgan fingerprint density at radius 3 is 2.58 bits per heavy atom. The minimum Gasteiger partial charge on any atom is -0.373 e. The largest absolute Gasteiger partial charge is 0.373 e. The topological polar surface area (TPSA) is 47.0 Å². The second kappa shape index (κ2) is 6.33. The summed E-state index contributed by atoms with van der Waals surface area (Å²) in [6.45, 7) is 7.34. The molecule has 0 aliphatic heterocycles. The van der Waals surface area contributed by atoms with Gasteiger partial charge in [0.1, 0.15) is 11.9 Å². The van der Waals surface area contributed by atoms with Crippen LogP contribution in [-0.2, 0) is 11.2 Å². The first-order valence-corrected chi connectivity index (χ1v) is 7.35. The van der Waals surface area contributed by atoms with Gasteiger partial charge in [-0.25, -0.2) is 9.97 Å². The number of nitrogens with zero attached hydrogens (tertiary/aromatic N) is 2. The van der Waals surface area contributed by atoms with E-state index >= 15 is 0 Å². The number of aromatic nitrogens is 2. The molecule has 19 heavy (non-hydrogen) atoms. The van der Waals surface area contributed by atoms with Gasteiger partial charge in [-0.3, -0.25) is 0 Å². The fourth-order valence-corrected chi connectivity index (χ4v) is 2.38. The summed E-state index contributed by atoms with van der Waals surface area (Å²) in [7, 11) is 1.76. The molecule has 0 aromatic carbocycles. The van der Waals surface area contributed by atoms with E-state index in [0.29, 0.717) is 5.92 Å². The maximum atomic E-state index is 5.61. The number of hydrogen-bond donors (Lipinski definition) is 1. The van der Waals surface area contributed by atoms with Crippen molar-refractivity contribution >= 4 is 5.82 Å². The minimum absolute atomic E-state index is 0.0630. The van der Waals surface area contributed by atoms with Crippen molar-refractivity contribution in [2.75, 3.05) is 19.0 Å². The number of nitrogens with one attached hydrogen (secondary N) is 1. The number of rotatable bonds is 7. The van der Waals surface area contributed by atoms with Crippen LogP contribution in [0.25, 0.3) is 0 Å². The Morgan fingerprint density at radius 1 is 1.32 bits per heavy atom. The Bertz CT molecular complexity index is 430. The molecule has 1 aromatic rings. The zero-order chi connectivity index (χ0) is 13.8. The average Bonchev–Trinajstić information content (AvgIpc) is 3.24. The normalized spacial score (nSPS) is 16.4. The van der Waals surface area contributed by atoms with Crippen molar-refractivity contribution in [3.8, 4) is 0 Å². The molecule has 0 spiro atoms. The van der Waals surface area contributed by atoms with E-state index in [0.717, 1.165) is 36.7 Å². The van der Waals surface area contributed by atoms with Crippen LogP contribution >= 0.6 is 0 Å². The summed E-state index contributed by atoms with van der Waals surface area (Å²) >= 11 is 0. The summed E-state index contributed by atoms with van der Waals surface area (Å²) in [6, 6.07) is 0. The van der Waals surface area contributed by atoms with Gasteiger partial charge in [0.25, 0.3) is 0 Å². The SMILES string of the molecule is CCCNc1nc(C(OC)C2CC2)nc(CC)c1C. The van der Waals surface area contributed by atoms with Gasteiger partial charge >= 0.3 is 0 Å². The first-order valence-electron chi connectivity index (χ1n) is 7.35. The molecule has 0 bridgehead atoms. The Balaban J connectivity index is 2.31. The van der Waals surface area contributed by atoms with Gasteiger partial charge in [-0.1, -0.05) is 13.8 Å². The molecule has 0 amide bonds. The van der Waals surface area contributed by atoms with E-state index in [1.165, 1.54) is 18.4 Å². The fraction of sp³-hybridized carbons (Fsp3) is 0.733. The molecular formula is C15H25N3O. The molecule has 4 heteroatoms. The van der Waals surface area contributed by atoms with Crippen LogP contribution in [0.4, 0.5) is 5.82 Å². The van der Waals surface area contributed by atoms with Crippen LogP contribution in [0, 0.1) is 12.8 Å². The van der Waals surface area contributed by atoms with Gasteiger partial charge in [-0.05, 0) is 38.5 Å². The highest BCUT2D eigenvalue weighted by atomic mass is 16.5. The predicted molar refractivity (Wildman–Crippen MR) is 77.4 cm³/mol. The molecule has 1 aliphatic rings. The zero-order valence-electron chi connectivity index (χ0n) is 12.5. The monoisotopic (exact) mass is 263 g/mol. The lowest BCUT2D eigenvalue weighted by Gasteiger charge is -2.18. The van der Waals surface area contributed by atoms with E-state index in [-0.39, 0.29) is 6.10 Å². The summed E-state index contributed by atoms with van der Waals surface area (Å²) in [5.41, 5.74) is 2.30. The molecular weight excluding hydrogens is 238 g/mol. The van der Waals surface area contributed by atoms with Gasteiger partial charge in [0.15, 0.2) is 5.82 Å². The molecule has 1 aromatic heterocycles. The van der Waals surface area contributed by atoms with Crippen molar-refractivity contribution in [2.24, 2.45) is 5.92 Å². The summed E-state index contributed by atoms with van der Waals surface area (Å²) in [5, 5.41) is 3.41. The second-order valence-electron chi connectivity index (χ2n) is 5.28. The Labute approximate surface area is 116 Å². The molecule has 1 heterocycles. The molecule has 1 atom stereocenters. The molecule has 1 unspecified atom stereocenters. The van der Waals surface area contributed by atoms with E-state index in [9.17, 15) is 0 Å². The summed E-state index contributed by atoms with van der Waals surface area (Å²) in [6.07, 6.45) is 4.55. The second-order valence-corrected chi connectivity index (χ2v) is 5.28. The fourth-order valence-electron chi connectivity index (χ4n) is 2.38. The van der Waals surface area contributed by atoms with E-state index < -0.39 is 0 Å². The first-order chi connectivity index (χ1) is 9.21. The Hall–Kier alpha value is -1.16. The van der Waals surface area contributed by atoms with Gasteiger partial charge < -0.3 is 10.1 Å². The summed E-state index contributed by atoms with van der Waals surface area (Å²) < 4.78 is 5.61. The Morgan fingerprint density at radius 2 is 2.05 bits per heavy atom. The van der Waals surface area contributed by atoms with Crippen LogP contribution < -0.4 is 5.32 Å². The quantitative estimate of drug-likeness (QED) is 0.820. The van der Waals surface area contributed by atoms with E-state index in [4.69, 9.17) is 14.7 Å². The van der Waals surface area contributed by atoms with Crippen molar-refractivity contribution in [3.05, 3.63) is 17.1 Å². The van der Waals surface area contributed by atoms with E-state index in [1.54, 1.807) is 7.11 Å². The van der Waals surface area contributed by atoms with Gasteiger partial charge in [0.2, 0.25) is 0 Å². The lowest BCUT2D eigenvalue weighted by Crippen LogP contribution is -2.15. The number of methoxy groups -OCH3 is 1. The smallest absolute Gasteiger partial charge is 0.160 e. The van der Waals surface area contributed by atoms with Crippen molar-refractivity contribution < 1.29 is 4.74 Å². The predicted octanol–water partition coefficient (Wildman–Crippen LogP) is 3.27. The molecule has 1 saturated carbocycles. The lowest BCUT2D eigenvalue weighted by molar-refractivity contribution is 0.0771. The van der Waals surface area contributed by atoms with E-state index in [1.807, 2.05) is 0 Å². The van der Waals surface area contributed by atoms with Crippen LogP contribution in [0.1, 0.15) is 56.3 Å². The van der Waals surface area contributed by atoms with Gasteiger partial charge in [0.05, 0.1) is 0 Å². The third kappa shape index (κ3) is 3.24. The third-order valence-corrected chi connectivity index (χ3v) is 3.70. The summed E-state index contributed by atoms with van der Waals surface area (Å²) in [5.74, 6) is 2.44. The van der Waals surface area contributed by atoms with E-state index in [2.05, 4.69) is 26.1 Å². The number of aryl methyl sites for hydroxylation is 1. The van der Waals surface area contributed by atoms with Gasteiger partial charge in [-0.2, -0.15) is 0 Å². The first kappa shape index (κ1) is 14.3. The van der Waals surface area contributed by atoms with Gasteiger partial charge in [-0.15, -0.1) is 0 Å². The number of hydrogen-bond acceptors (Lipinski definition) is 4. The molecule has 2 rings (SSSR count). The molecule has 1 N–H and O–H groups in total. The van der Waals surface area contributed by atoms with Crippen LogP contribution in [0.3, 0.4) is 0 Å². The van der Waals surface area contributed by atoms with Crippen molar-refractivity contribution in [1.29, 1.82) is 0 Å². The lowest BCUT2D eigenvalue weighted by atomic mass is 10.1. The molecule has 0 saturated heterocycles. The maximum Gasteiger partial charge on any atom is 0.160 e. The van der Waals surface area contributed by atoms with Gasteiger partial charge in [0, 0.05) is 24.9 Å². The molecule has 1 aliphatic carbocycles. The molecule has 4 nitrogen and oxygen atoms in total. The Kier molecular flexibility index (Phi) is 4.75. The molecule has 1 fully saturated rings. The highest BCUT2D eigenvalue weighted by Crippen LogP contribution is 2.42. The third-order valence-electron chi connectivity index (χ3n) is 3.70. The molecule has 0 radical (unpaired) electrons. The van der Waals surface area contributed by atoms with Crippen LogP contribution in [0.5, 0.6) is 0 Å².